The number of hydrogen-bond acceptors (Lipinski definition) is 2. The molecule has 0 aliphatic heterocycles. The van der Waals surface area contributed by atoms with Crippen LogP contribution in [0, 0.1) is 0 Å². The van der Waals surface area contributed by atoms with Crippen LogP contribution in [0.5, 0.6) is 5.75 Å². The van der Waals surface area contributed by atoms with Gasteiger partial charge in [-0.05, 0) is 24.3 Å². The molecule has 0 atom stereocenters. The molecule has 0 saturated carbocycles. The van der Waals surface area contributed by atoms with Crippen LogP contribution in [0.15, 0.2) is 28.7 Å². The fraction of sp³-hybridized carbons (Fsp3) is 0.400. The summed E-state index contributed by atoms with van der Waals surface area (Å²) in [7, 11) is 0. The number of halogens is 2. The predicted octanol–water partition coefficient (Wildman–Crippen LogP) is 3.24. The number of rotatable bonds is 6. The van der Waals surface area contributed by atoms with Gasteiger partial charge in [-0.2, -0.15) is 0 Å². The van der Waals surface area contributed by atoms with Crippen molar-refractivity contribution in [3.05, 3.63) is 28.7 Å². The van der Waals surface area contributed by atoms with E-state index in [1.807, 2.05) is 24.3 Å². The molecular formula is C10H12Br2O2. The quantitative estimate of drug-likeness (QED) is 0.591. The first-order valence-electron chi connectivity index (χ1n) is 4.35. The van der Waals surface area contributed by atoms with E-state index >= 15 is 0 Å². The summed E-state index contributed by atoms with van der Waals surface area (Å²) >= 11 is 6.65. The van der Waals surface area contributed by atoms with Gasteiger partial charge < -0.3 is 9.47 Å². The van der Waals surface area contributed by atoms with E-state index in [1.165, 1.54) is 0 Å². The second-order valence-corrected chi connectivity index (χ2v) is 4.31. The van der Waals surface area contributed by atoms with E-state index in [1.54, 1.807) is 0 Å². The molecule has 78 valence electrons. The highest BCUT2D eigenvalue weighted by molar-refractivity contribution is 9.10. The average molecular weight is 324 g/mol. The minimum Gasteiger partial charge on any atom is -0.491 e. The molecule has 0 fully saturated rings. The van der Waals surface area contributed by atoms with Gasteiger partial charge in [0, 0.05) is 9.80 Å². The lowest BCUT2D eigenvalue weighted by Crippen LogP contribution is -2.07. The maximum atomic E-state index is 5.45. The summed E-state index contributed by atoms with van der Waals surface area (Å²) in [5.74, 6) is 0.871. The summed E-state index contributed by atoms with van der Waals surface area (Å²) in [6.45, 7) is 1.94. The summed E-state index contributed by atoms with van der Waals surface area (Å²) < 4.78 is 11.7. The maximum Gasteiger partial charge on any atom is 0.119 e. The van der Waals surface area contributed by atoms with Crippen molar-refractivity contribution in [2.75, 3.05) is 25.2 Å². The molecule has 1 aromatic rings. The number of alkyl halides is 1. The van der Waals surface area contributed by atoms with E-state index in [-0.39, 0.29) is 0 Å². The third kappa shape index (κ3) is 4.98. The van der Waals surface area contributed by atoms with Gasteiger partial charge in [0.1, 0.15) is 12.4 Å². The molecule has 14 heavy (non-hydrogen) atoms. The van der Waals surface area contributed by atoms with Crippen molar-refractivity contribution >= 4 is 31.9 Å². The van der Waals surface area contributed by atoms with Crippen molar-refractivity contribution in [2.45, 2.75) is 0 Å². The largest absolute Gasteiger partial charge is 0.491 e. The van der Waals surface area contributed by atoms with E-state index in [2.05, 4.69) is 31.9 Å². The van der Waals surface area contributed by atoms with Crippen LogP contribution in [0.25, 0.3) is 0 Å². The smallest absolute Gasteiger partial charge is 0.119 e. The van der Waals surface area contributed by atoms with Crippen molar-refractivity contribution in [3.63, 3.8) is 0 Å². The van der Waals surface area contributed by atoms with Gasteiger partial charge in [0.2, 0.25) is 0 Å². The fourth-order valence-electron chi connectivity index (χ4n) is 0.906. The van der Waals surface area contributed by atoms with Gasteiger partial charge >= 0.3 is 0 Å². The molecule has 0 radical (unpaired) electrons. The summed E-state index contributed by atoms with van der Waals surface area (Å²) in [5.41, 5.74) is 0. The Morgan fingerprint density at radius 1 is 1.00 bits per heavy atom. The molecule has 0 aliphatic carbocycles. The topological polar surface area (TPSA) is 18.5 Å². The van der Waals surface area contributed by atoms with Crippen LogP contribution in [0.1, 0.15) is 0 Å². The van der Waals surface area contributed by atoms with Gasteiger partial charge in [-0.15, -0.1) is 0 Å². The normalized spacial score (nSPS) is 10.1. The van der Waals surface area contributed by atoms with E-state index in [0.29, 0.717) is 13.2 Å². The van der Waals surface area contributed by atoms with E-state index in [0.717, 1.165) is 22.2 Å². The molecule has 0 bridgehead atoms. The lowest BCUT2D eigenvalue weighted by Gasteiger charge is -2.06. The first-order valence-corrected chi connectivity index (χ1v) is 6.26. The molecule has 1 rings (SSSR count). The van der Waals surface area contributed by atoms with Gasteiger partial charge in [0.15, 0.2) is 0 Å². The monoisotopic (exact) mass is 322 g/mol. The van der Waals surface area contributed by atoms with Crippen LogP contribution < -0.4 is 4.74 Å². The summed E-state index contributed by atoms with van der Waals surface area (Å²) in [4.78, 5) is 0. The molecule has 0 N–H and O–H groups in total. The highest BCUT2D eigenvalue weighted by atomic mass is 79.9. The number of ether oxygens (including phenoxy) is 2. The molecule has 0 aliphatic rings. The maximum absolute atomic E-state index is 5.45. The molecule has 0 spiro atoms. The van der Waals surface area contributed by atoms with E-state index < -0.39 is 0 Å². The van der Waals surface area contributed by atoms with Gasteiger partial charge in [-0.1, -0.05) is 31.9 Å². The molecule has 0 amide bonds. The second-order valence-electron chi connectivity index (χ2n) is 2.60. The minimum absolute atomic E-state index is 0.592. The van der Waals surface area contributed by atoms with Crippen molar-refractivity contribution in [1.29, 1.82) is 0 Å². The van der Waals surface area contributed by atoms with Crippen LogP contribution in [-0.4, -0.2) is 25.2 Å². The lowest BCUT2D eigenvalue weighted by atomic mass is 10.3. The zero-order valence-corrected chi connectivity index (χ0v) is 10.9. The number of hydrogen-bond donors (Lipinski definition) is 0. The third-order valence-corrected chi connectivity index (χ3v) is 2.38. The molecule has 0 unspecified atom stereocenters. The second kappa shape index (κ2) is 7.26. The van der Waals surface area contributed by atoms with Gasteiger partial charge in [0.25, 0.3) is 0 Å². The standard InChI is InChI=1S/C10H12Br2O2/c11-5-6-13-7-8-14-10-3-1-9(12)2-4-10/h1-4H,5-8H2. The molecule has 0 saturated heterocycles. The SMILES string of the molecule is BrCCOCCOc1ccc(Br)cc1. The Labute approximate surface area is 101 Å². The minimum atomic E-state index is 0.592. The Hall–Kier alpha value is -0.0600. The lowest BCUT2D eigenvalue weighted by molar-refractivity contribution is 0.112. The fourth-order valence-corrected chi connectivity index (χ4v) is 1.40. The summed E-state index contributed by atoms with van der Waals surface area (Å²) in [6, 6.07) is 7.76. The Bertz CT molecular complexity index is 249. The van der Waals surface area contributed by atoms with Gasteiger partial charge in [-0.25, -0.2) is 0 Å². The van der Waals surface area contributed by atoms with Crippen molar-refractivity contribution in [2.24, 2.45) is 0 Å². The van der Waals surface area contributed by atoms with E-state index in [9.17, 15) is 0 Å². The first-order chi connectivity index (χ1) is 6.83. The molecule has 1 aromatic carbocycles. The Morgan fingerprint density at radius 2 is 1.71 bits per heavy atom. The van der Waals surface area contributed by atoms with E-state index in [4.69, 9.17) is 9.47 Å². The highest BCUT2D eigenvalue weighted by Gasteiger charge is 1.93. The van der Waals surface area contributed by atoms with Crippen molar-refractivity contribution < 1.29 is 9.47 Å². The Balaban J connectivity index is 2.15. The molecule has 0 heterocycles. The van der Waals surface area contributed by atoms with Crippen molar-refractivity contribution in [1.82, 2.24) is 0 Å². The molecule has 4 heteroatoms. The van der Waals surface area contributed by atoms with Gasteiger partial charge in [0.05, 0.1) is 13.2 Å². The highest BCUT2D eigenvalue weighted by Crippen LogP contribution is 2.15. The first kappa shape index (κ1) is 12.0. The van der Waals surface area contributed by atoms with Gasteiger partial charge in [-0.3, -0.25) is 0 Å². The van der Waals surface area contributed by atoms with Crippen LogP contribution in [0.3, 0.4) is 0 Å². The average Bonchev–Trinajstić information content (AvgIpc) is 2.21. The molecular weight excluding hydrogens is 312 g/mol. The molecule has 0 aromatic heterocycles. The zero-order chi connectivity index (χ0) is 10.2. The Kier molecular flexibility index (Phi) is 6.23. The van der Waals surface area contributed by atoms with Crippen LogP contribution in [-0.2, 0) is 4.74 Å². The van der Waals surface area contributed by atoms with Crippen LogP contribution >= 0.6 is 31.9 Å². The van der Waals surface area contributed by atoms with Crippen LogP contribution in [0.2, 0.25) is 0 Å². The predicted molar refractivity (Wildman–Crippen MR) is 64.3 cm³/mol. The Morgan fingerprint density at radius 3 is 2.36 bits per heavy atom. The summed E-state index contributed by atoms with van der Waals surface area (Å²) in [5, 5.41) is 0.866. The number of benzene rings is 1. The molecule has 2 nitrogen and oxygen atoms in total. The summed E-state index contributed by atoms with van der Waals surface area (Å²) in [6.07, 6.45) is 0. The third-order valence-electron chi connectivity index (χ3n) is 1.53. The van der Waals surface area contributed by atoms with Crippen LogP contribution in [0.4, 0.5) is 0 Å². The van der Waals surface area contributed by atoms with Crippen molar-refractivity contribution in [3.8, 4) is 5.75 Å². The zero-order valence-electron chi connectivity index (χ0n) is 7.71.